The average Bonchev–Trinajstić information content (AvgIpc) is 3.22. The number of aromatic nitrogens is 3. The summed E-state index contributed by atoms with van der Waals surface area (Å²) in [5.74, 6) is -0.159. The molecule has 4 aromatic rings. The molecule has 0 atom stereocenters. The molecule has 0 fully saturated rings. The van der Waals surface area contributed by atoms with Crippen LogP contribution >= 0.6 is 27.7 Å². The van der Waals surface area contributed by atoms with Gasteiger partial charge in [-0.25, -0.2) is 0 Å². The van der Waals surface area contributed by atoms with E-state index in [4.69, 9.17) is 0 Å². The molecule has 1 heterocycles. The number of alkyl halides is 3. The number of carbonyl (C=O) groups excluding carboxylic acids is 1. The summed E-state index contributed by atoms with van der Waals surface area (Å²) in [5, 5.41) is 11.3. The van der Waals surface area contributed by atoms with Crippen LogP contribution in [-0.4, -0.2) is 26.4 Å². The van der Waals surface area contributed by atoms with E-state index >= 15 is 0 Å². The molecule has 0 aliphatic carbocycles. The van der Waals surface area contributed by atoms with Gasteiger partial charge in [-0.15, -0.1) is 10.2 Å². The standard InChI is InChI=1S/C23H16BrF3N4OS/c24-18-12-6-4-10-16(18)21-29-30-22(31(21)15-8-2-1-3-9-15)33-14-20(32)28-19-13-7-5-11-17(19)23(25,26)27/h1-13H,14H2,(H,28,32). The van der Waals surface area contributed by atoms with Crippen LogP contribution in [0, 0.1) is 0 Å². The predicted molar refractivity (Wildman–Crippen MR) is 125 cm³/mol. The van der Waals surface area contributed by atoms with Gasteiger partial charge in [-0.3, -0.25) is 9.36 Å². The molecule has 1 amide bonds. The molecule has 33 heavy (non-hydrogen) atoms. The normalized spacial score (nSPS) is 11.4. The monoisotopic (exact) mass is 532 g/mol. The Morgan fingerprint density at radius 1 is 0.939 bits per heavy atom. The van der Waals surface area contributed by atoms with Crippen molar-refractivity contribution in [3.05, 3.63) is 88.9 Å². The number of halogens is 4. The average molecular weight is 533 g/mol. The highest BCUT2D eigenvalue weighted by atomic mass is 79.9. The molecule has 10 heteroatoms. The van der Waals surface area contributed by atoms with Crippen LogP contribution < -0.4 is 5.32 Å². The molecule has 168 valence electrons. The van der Waals surface area contributed by atoms with E-state index in [0.717, 1.165) is 33.6 Å². The summed E-state index contributed by atoms with van der Waals surface area (Å²) in [7, 11) is 0. The molecule has 0 saturated carbocycles. The van der Waals surface area contributed by atoms with E-state index in [9.17, 15) is 18.0 Å². The van der Waals surface area contributed by atoms with E-state index in [1.807, 2.05) is 59.2 Å². The first kappa shape index (κ1) is 23.1. The summed E-state index contributed by atoms with van der Waals surface area (Å²) in [6.45, 7) is 0. The van der Waals surface area contributed by atoms with Crippen LogP contribution in [0.25, 0.3) is 17.1 Å². The van der Waals surface area contributed by atoms with Gasteiger partial charge < -0.3 is 5.32 Å². The Kier molecular flexibility index (Phi) is 6.85. The summed E-state index contributed by atoms with van der Waals surface area (Å²) in [6, 6.07) is 21.8. The van der Waals surface area contributed by atoms with Crippen LogP contribution in [0.3, 0.4) is 0 Å². The van der Waals surface area contributed by atoms with Gasteiger partial charge in [0.1, 0.15) is 0 Å². The highest BCUT2D eigenvalue weighted by Gasteiger charge is 2.33. The molecule has 0 unspecified atom stereocenters. The fourth-order valence-electron chi connectivity index (χ4n) is 3.15. The molecule has 0 aliphatic rings. The zero-order valence-corrected chi connectivity index (χ0v) is 19.3. The van der Waals surface area contributed by atoms with Crippen molar-refractivity contribution in [2.75, 3.05) is 11.1 Å². The number of amides is 1. The van der Waals surface area contributed by atoms with Gasteiger partial charge in [-0.05, 0) is 30.3 Å². The number of thioether (sulfide) groups is 1. The molecular formula is C23H16BrF3N4OS. The molecule has 4 rings (SSSR count). The first-order chi connectivity index (χ1) is 15.8. The first-order valence-electron chi connectivity index (χ1n) is 9.69. The van der Waals surface area contributed by atoms with Gasteiger partial charge in [0.15, 0.2) is 11.0 Å². The highest BCUT2D eigenvalue weighted by Crippen LogP contribution is 2.35. The third-order valence-electron chi connectivity index (χ3n) is 4.60. The van der Waals surface area contributed by atoms with E-state index < -0.39 is 17.6 Å². The third kappa shape index (κ3) is 5.28. The molecule has 5 nitrogen and oxygen atoms in total. The van der Waals surface area contributed by atoms with Crippen molar-refractivity contribution in [1.29, 1.82) is 0 Å². The third-order valence-corrected chi connectivity index (χ3v) is 6.22. The number of rotatable bonds is 6. The lowest BCUT2D eigenvalue weighted by molar-refractivity contribution is -0.137. The van der Waals surface area contributed by atoms with Gasteiger partial charge in [0.05, 0.1) is 17.0 Å². The van der Waals surface area contributed by atoms with Gasteiger partial charge in [0.2, 0.25) is 5.91 Å². The van der Waals surface area contributed by atoms with Crippen LogP contribution in [0.5, 0.6) is 0 Å². The Morgan fingerprint density at radius 3 is 2.33 bits per heavy atom. The molecule has 0 radical (unpaired) electrons. The smallest absolute Gasteiger partial charge is 0.325 e. The molecular weight excluding hydrogens is 517 g/mol. The minimum Gasteiger partial charge on any atom is -0.325 e. The SMILES string of the molecule is O=C(CSc1nnc(-c2ccccc2Br)n1-c1ccccc1)Nc1ccccc1C(F)(F)F. The lowest BCUT2D eigenvalue weighted by atomic mass is 10.1. The topological polar surface area (TPSA) is 59.8 Å². The zero-order chi connectivity index (χ0) is 23.4. The second-order valence-corrected chi connectivity index (χ2v) is 8.63. The predicted octanol–water partition coefficient (Wildman–Crippen LogP) is 6.45. The van der Waals surface area contributed by atoms with Gasteiger partial charge in [-0.1, -0.05) is 76.2 Å². The number of nitrogens with zero attached hydrogens (tertiary/aromatic N) is 3. The maximum Gasteiger partial charge on any atom is 0.418 e. The van der Waals surface area contributed by atoms with E-state index in [1.165, 1.54) is 18.2 Å². The second kappa shape index (κ2) is 9.80. The largest absolute Gasteiger partial charge is 0.418 e. The molecule has 0 spiro atoms. The maximum absolute atomic E-state index is 13.2. The highest BCUT2D eigenvalue weighted by molar-refractivity contribution is 9.10. The lowest BCUT2D eigenvalue weighted by Gasteiger charge is -2.14. The zero-order valence-electron chi connectivity index (χ0n) is 16.9. The van der Waals surface area contributed by atoms with Crippen molar-refractivity contribution in [3.8, 4) is 17.1 Å². The van der Waals surface area contributed by atoms with Crippen LogP contribution in [0.15, 0.2) is 88.5 Å². The minimum absolute atomic E-state index is 0.146. The van der Waals surface area contributed by atoms with Crippen molar-refractivity contribution in [1.82, 2.24) is 14.8 Å². The van der Waals surface area contributed by atoms with E-state index in [2.05, 4.69) is 31.4 Å². The summed E-state index contributed by atoms with van der Waals surface area (Å²) in [4.78, 5) is 12.5. The molecule has 0 bridgehead atoms. The number of benzene rings is 3. The Balaban J connectivity index is 1.60. The number of para-hydroxylation sites is 2. The lowest BCUT2D eigenvalue weighted by Crippen LogP contribution is -2.18. The summed E-state index contributed by atoms with van der Waals surface area (Å²) >= 11 is 4.61. The number of nitrogens with one attached hydrogen (secondary N) is 1. The van der Waals surface area contributed by atoms with E-state index in [1.54, 1.807) is 0 Å². The number of hydrogen-bond donors (Lipinski definition) is 1. The molecule has 0 saturated heterocycles. The number of anilines is 1. The Labute approximate surface area is 200 Å². The quantitative estimate of drug-likeness (QED) is 0.290. The van der Waals surface area contributed by atoms with Gasteiger partial charge >= 0.3 is 6.18 Å². The number of carbonyl (C=O) groups is 1. The molecule has 0 aliphatic heterocycles. The van der Waals surface area contributed by atoms with Crippen molar-refractivity contribution in [2.24, 2.45) is 0 Å². The fourth-order valence-corrected chi connectivity index (χ4v) is 4.36. The van der Waals surface area contributed by atoms with E-state index in [-0.39, 0.29) is 11.4 Å². The van der Waals surface area contributed by atoms with E-state index in [0.29, 0.717) is 11.0 Å². The maximum atomic E-state index is 13.2. The van der Waals surface area contributed by atoms with Crippen LogP contribution in [0.1, 0.15) is 5.56 Å². The van der Waals surface area contributed by atoms with Gasteiger partial charge in [-0.2, -0.15) is 13.2 Å². The Morgan fingerprint density at radius 2 is 1.61 bits per heavy atom. The summed E-state index contributed by atoms with van der Waals surface area (Å²) < 4.78 is 42.2. The van der Waals surface area contributed by atoms with Crippen LogP contribution in [-0.2, 0) is 11.0 Å². The molecule has 1 aromatic heterocycles. The first-order valence-corrected chi connectivity index (χ1v) is 11.5. The number of hydrogen-bond acceptors (Lipinski definition) is 4. The Hall–Kier alpha value is -3.11. The van der Waals surface area contributed by atoms with Crippen molar-refractivity contribution < 1.29 is 18.0 Å². The fraction of sp³-hybridized carbons (Fsp3) is 0.0870. The second-order valence-electron chi connectivity index (χ2n) is 6.84. The Bertz CT molecular complexity index is 1280. The summed E-state index contributed by atoms with van der Waals surface area (Å²) in [5.41, 5.74) is 0.420. The van der Waals surface area contributed by atoms with Crippen molar-refractivity contribution in [3.63, 3.8) is 0 Å². The van der Waals surface area contributed by atoms with Crippen LogP contribution in [0.4, 0.5) is 18.9 Å². The summed E-state index contributed by atoms with van der Waals surface area (Å²) in [6.07, 6.45) is -4.57. The molecule has 1 N–H and O–H groups in total. The van der Waals surface area contributed by atoms with Crippen molar-refractivity contribution in [2.45, 2.75) is 11.3 Å². The molecule has 3 aromatic carbocycles. The van der Waals surface area contributed by atoms with Crippen molar-refractivity contribution >= 4 is 39.3 Å². The van der Waals surface area contributed by atoms with Gasteiger partial charge in [0, 0.05) is 15.7 Å². The minimum atomic E-state index is -4.57. The van der Waals surface area contributed by atoms with Crippen LogP contribution in [0.2, 0.25) is 0 Å². The van der Waals surface area contributed by atoms with Gasteiger partial charge in [0.25, 0.3) is 0 Å².